The molecule has 0 saturated heterocycles. The van der Waals surface area contributed by atoms with E-state index >= 15 is 0 Å². The largest absolute Gasteiger partial charge is 0.456 e. The number of carbonyl (C=O) groups is 1. The molecule has 0 amide bonds. The van der Waals surface area contributed by atoms with Crippen molar-refractivity contribution in [2.45, 2.75) is 79.8 Å². The highest BCUT2D eigenvalue weighted by Gasteiger charge is 2.41. The van der Waals surface area contributed by atoms with Crippen LogP contribution in [0, 0.1) is 6.92 Å². The first-order valence-electron chi connectivity index (χ1n) is 8.08. The van der Waals surface area contributed by atoms with Gasteiger partial charge in [0.1, 0.15) is 5.60 Å². The lowest BCUT2D eigenvalue weighted by molar-refractivity contribution is -0.138. The summed E-state index contributed by atoms with van der Waals surface area (Å²) >= 11 is 0. The number of aromatic nitrogens is 1. The summed E-state index contributed by atoms with van der Waals surface area (Å²) in [5.74, 6) is -0.968. The van der Waals surface area contributed by atoms with Gasteiger partial charge < -0.3 is 15.0 Å². The van der Waals surface area contributed by atoms with Gasteiger partial charge >= 0.3 is 12.1 Å². The van der Waals surface area contributed by atoms with Crippen molar-refractivity contribution in [1.82, 2.24) is 10.3 Å². The predicted octanol–water partition coefficient (Wildman–Crippen LogP) is 4.82. The van der Waals surface area contributed by atoms with E-state index in [2.05, 4.69) is 10.3 Å². The number of halogens is 3. The number of aryl methyl sites for hydroxylation is 1. The topological polar surface area (TPSA) is 54.1 Å². The zero-order valence-electron chi connectivity index (χ0n) is 15.7. The molecule has 0 radical (unpaired) electrons. The van der Waals surface area contributed by atoms with Gasteiger partial charge in [-0.25, -0.2) is 4.79 Å². The minimum Gasteiger partial charge on any atom is -0.456 e. The summed E-state index contributed by atoms with van der Waals surface area (Å²) in [5, 5.41) is 2.92. The second-order valence-electron chi connectivity index (χ2n) is 6.51. The zero-order chi connectivity index (χ0) is 19.3. The number of rotatable bonds is 4. The van der Waals surface area contributed by atoms with Gasteiger partial charge in [-0.1, -0.05) is 27.7 Å². The van der Waals surface area contributed by atoms with Gasteiger partial charge in [-0.15, -0.1) is 0 Å². The van der Waals surface area contributed by atoms with Crippen LogP contribution < -0.4 is 5.32 Å². The van der Waals surface area contributed by atoms with Crippen LogP contribution in [0.1, 0.15) is 75.8 Å². The number of hydrogen-bond acceptors (Lipinski definition) is 3. The standard InChI is InChI=1S/C15H23F3N2O2.C2H6/c1-8(2)19-7-10-12(15(16,17)18)11(9(3)20-10)13(21)22-14(4,5)6;1-2/h8,19-20H,7H2,1-6H3;1-2H3. The number of carbonyl (C=O) groups excluding carboxylic acids is 1. The Morgan fingerprint density at radius 1 is 1.21 bits per heavy atom. The SMILES string of the molecule is CC.Cc1[nH]c(CNC(C)C)c(C(F)(F)F)c1C(=O)OC(C)(C)C. The molecular formula is C17H29F3N2O2. The van der Waals surface area contributed by atoms with Crippen LogP contribution in [0.15, 0.2) is 0 Å². The van der Waals surface area contributed by atoms with Crippen molar-refractivity contribution in [3.05, 3.63) is 22.5 Å². The van der Waals surface area contributed by atoms with Crippen molar-refractivity contribution in [2.24, 2.45) is 0 Å². The molecule has 2 N–H and O–H groups in total. The molecule has 1 aromatic heterocycles. The highest BCUT2D eigenvalue weighted by molar-refractivity contribution is 5.93. The van der Waals surface area contributed by atoms with Crippen LogP contribution in [0.3, 0.4) is 0 Å². The molecule has 0 aliphatic carbocycles. The minimum absolute atomic E-state index is 0.00382. The predicted molar refractivity (Wildman–Crippen MR) is 89.0 cm³/mol. The van der Waals surface area contributed by atoms with E-state index in [1.165, 1.54) is 6.92 Å². The van der Waals surface area contributed by atoms with Gasteiger partial charge in [0.25, 0.3) is 0 Å². The van der Waals surface area contributed by atoms with Crippen molar-refractivity contribution < 1.29 is 22.7 Å². The molecule has 1 aromatic rings. The number of nitrogens with one attached hydrogen (secondary N) is 2. The Morgan fingerprint density at radius 2 is 1.71 bits per heavy atom. The normalized spacial score (nSPS) is 12.0. The lowest BCUT2D eigenvalue weighted by atomic mass is 10.1. The lowest BCUT2D eigenvalue weighted by Crippen LogP contribution is -2.27. The molecule has 24 heavy (non-hydrogen) atoms. The maximum Gasteiger partial charge on any atom is 0.419 e. The van der Waals surface area contributed by atoms with Crippen molar-refractivity contribution >= 4 is 5.97 Å². The molecule has 0 atom stereocenters. The van der Waals surface area contributed by atoms with Crippen LogP contribution in [0.25, 0.3) is 0 Å². The van der Waals surface area contributed by atoms with E-state index in [9.17, 15) is 18.0 Å². The van der Waals surface area contributed by atoms with Crippen LogP contribution >= 0.6 is 0 Å². The fourth-order valence-electron chi connectivity index (χ4n) is 2.03. The Labute approximate surface area is 142 Å². The van der Waals surface area contributed by atoms with Gasteiger partial charge in [0.2, 0.25) is 0 Å². The van der Waals surface area contributed by atoms with E-state index in [1.807, 2.05) is 27.7 Å². The number of alkyl halides is 3. The molecule has 0 unspecified atom stereocenters. The first-order valence-corrected chi connectivity index (χ1v) is 8.08. The molecule has 0 spiro atoms. The van der Waals surface area contributed by atoms with Crippen molar-refractivity contribution in [3.8, 4) is 0 Å². The van der Waals surface area contributed by atoms with E-state index < -0.39 is 28.9 Å². The van der Waals surface area contributed by atoms with Gasteiger partial charge in [0, 0.05) is 24.0 Å². The molecule has 0 aromatic carbocycles. The van der Waals surface area contributed by atoms with Gasteiger partial charge in [0.15, 0.2) is 0 Å². The summed E-state index contributed by atoms with van der Waals surface area (Å²) in [6.07, 6.45) is -4.63. The van der Waals surface area contributed by atoms with E-state index in [4.69, 9.17) is 4.74 Å². The third-order valence-electron chi connectivity index (χ3n) is 2.84. The lowest BCUT2D eigenvalue weighted by Gasteiger charge is -2.20. The fourth-order valence-corrected chi connectivity index (χ4v) is 2.03. The van der Waals surface area contributed by atoms with E-state index in [0.717, 1.165) is 0 Å². The average molecular weight is 350 g/mol. The number of esters is 1. The number of aromatic amines is 1. The monoisotopic (exact) mass is 350 g/mol. The third-order valence-corrected chi connectivity index (χ3v) is 2.84. The van der Waals surface area contributed by atoms with Crippen molar-refractivity contribution in [2.75, 3.05) is 0 Å². The van der Waals surface area contributed by atoms with Gasteiger partial charge in [-0.3, -0.25) is 0 Å². The highest BCUT2D eigenvalue weighted by atomic mass is 19.4. The van der Waals surface area contributed by atoms with E-state index in [-0.39, 0.29) is 24.0 Å². The van der Waals surface area contributed by atoms with Crippen LogP contribution in [-0.4, -0.2) is 22.6 Å². The summed E-state index contributed by atoms with van der Waals surface area (Å²) < 4.78 is 45.3. The molecule has 0 saturated carbocycles. The van der Waals surface area contributed by atoms with Crippen molar-refractivity contribution in [3.63, 3.8) is 0 Å². The Balaban J connectivity index is 0.00000254. The Hall–Kier alpha value is -1.50. The van der Waals surface area contributed by atoms with Crippen LogP contribution in [0.2, 0.25) is 0 Å². The van der Waals surface area contributed by atoms with E-state index in [0.29, 0.717) is 0 Å². The van der Waals surface area contributed by atoms with Gasteiger partial charge in [-0.2, -0.15) is 13.2 Å². The molecule has 0 aliphatic heterocycles. The fraction of sp³-hybridized carbons (Fsp3) is 0.706. The summed E-state index contributed by atoms with van der Waals surface area (Å²) in [4.78, 5) is 14.8. The maximum atomic E-state index is 13.4. The smallest absolute Gasteiger partial charge is 0.419 e. The van der Waals surface area contributed by atoms with Crippen molar-refractivity contribution in [1.29, 1.82) is 0 Å². The third kappa shape index (κ3) is 6.55. The molecule has 7 heteroatoms. The summed E-state index contributed by atoms with van der Waals surface area (Å²) in [7, 11) is 0. The molecule has 0 bridgehead atoms. The Morgan fingerprint density at radius 3 is 2.08 bits per heavy atom. The quantitative estimate of drug-likeness (QED) is 0.765. The second kappa shape index (κ2) is 8.55. The van der Waals surface area contributed by atoms with E-state index in [1.54, 1.807) is 20.8 Å². The maximum absolute atomic E-state index is 13.4. The number of hydrogen-bond donors (Lipinski definition) is 2. The number of ether oxygens (including phenoxy) is 1. The molecule has 0 fully saturated rings. The molecule has 1 heterocycles. The molecular weight excluding hydrogens is 321 g/mol. The number of H-pyrrole nitrogens is 1. The van der Waals surface area contributed by atoms with Crippen LogP contribution in [-0.2, 0) is 17.5 Å². The molecule has 140 valence electrons. The first-order chi connectivity index (χ1) is 10.8. The minimum atomic E-state index is -4.63. The highest BCUT2D eigenvalue weighted by Crippen LogP contribution is 2.37. The first kappa shape index (κ1) is 22.5. The summed E-state index contributed by atoms with van der Waals surface area (Å²) in [6.45, 7) is 13.9. The Kier molecular flexibility index (Phi) is 8.02. The summed E-state index contributed by atoms with van der Waals surface area (Å²) in [5.41, 5.74) is -2.16. The van der Waals surface area contributed by atoms with Crippen LogP contribution in [0.5, 0.6) is 0 Å². The average Bonchev–Trinajstić information content (AvgIpc) is 2.73. The molecule has 0 aliphatic rings. The van der Waals surface area contributed by atoms with Crippen LogP contribution in [0.4, 0.5) is 13.2 Å². The van der Waals surface area contributed by atoms with Gasteiger partial charge in [0.05, 0.1) is 11.1 Å². The molecule has 4 nitrogen and oxygen atoms in total. The molecule has 1 rings (SSSR count). The van der Waals surface area contributed by atoms with Gasteiger partial charge in [-0.05, 0) is 27.7 Å². The summed E-state index contributed by atoms with van der Waals surface area (Å²) in [6, 6.07) is 0.0228. The second-order valence-corrected chi connectivity index (χ2v) is 6.51. The zero-order valence-corrected chi connectivity index (χ0v) is 15.7. The Bertz CT molecular complexity index is 541.